The Bertz CT molecular complexity index is 411. The van der Waals surface area contributed by atoms with Crippen LogP contribution in [0.15, 0.2) is 12.1 Å². The third kappa shape index (κ3) is 1.67. The highest BCUT2D eigenvalue weighted by molar-refractivity contribution is 5.56. The van der Waals surface area contributed by atoms with Gasteiger partial charge in [-0.2, -0.15) is 0 Å². The Morgan fingerprint density at radius 2 is 2.13 bits per heavy atom. The van der Waals surface area contributed by atoms with Gasteiger partial charge in [0.2, 0.25) is 0 Å². The fraction of sp³-hybridized carbons (Fsp3) is 0.455. The van der Waals surface area contributed by atoms with Crippen LogP contribution in [-0.4, -0.2) is 12.0 Å². The van der Waals surface area contributed by atoms with Crippen molar-refractivity contribution < 1.29 is 9.66 Å². The largest absolute Gasteiger partial charge is 0.496 e. The second-order valence-electron chi connectivity index (χ2n) is 3.86. The summed E-state index contributed by atoms with van der Waals surface area (Å²) in [6.07, 6.45) is 2.12. The summed E-state index contributed by atoms with van der Waals surface area (Å²) < 4.78 is 5.09. The topological polar surface area (TPSA) is 52.4 Å². The molecule has 1 aromatic rings. The van der Waals surface area contributed by atoms with Crippen molar-refractivity contribution in [2.24, 2.45) is 0 Å². The van der Waals surface area contributed by atoms with Crippen LogP contribution < -0.4 is 4.74 Å². The molecule has 0 atom stereocenters. The zero-order valence-corrected chi connectivity index (χ0v) is 8.82. The minimum Gasteiger partial charge on any atom is -0.496 e. The van der Waals surface area contributed by atoms with E-state index in [0.717, 1.165) is 18.4 Å². The van der Waals surface area contributed by atoms with Crippen LogP contribution >= 0.6 is 0 Å². The third-order valence-electron chi connectivity index (χ3n) is 2.83. The summed E-state index contributed by atoms with van der Waals surface area (Å²) >= 11 is 0. The Balaban J connectivity index is 2.56. The molecular formula is C11H13NO3. The summed E-state index contributed by atoms with van der Waals surface area (Å²) in [6, 6.07) is 3.64. The van der Waals surface area contributed by atoms with E-state index in [-0.39, 0.29) is 10.6 Å². The molecular weight excluding hydrogens is 194 g/mol. The van der Waals surface area contributed by atoms with E-state index in [1.165, 1.54) is 7.11 Å². The zero-order chi connectivity index (χ0) is 11.0. The number of hydrogen-bond donors (Lipinski definition) is 0. The number of ether oxygens (including phenoxy) is 1. The first-order chi connectivity index (χ1) is 7.15. The predicted molar refractivity (Wildman–Crippen MR) is 56.4 cm³/mol. The normalized spacial score (nSPS) is 15.1. The van der Waals surface area contributed by atoms with Gasteiger partial charge in [0.1, 0.15) is 5.75 Å². The van der Waals surface area contributed by atoms with Crippen LogP contribution in [0.25, 0.3) is 0 Å². The number of nitro groups is 1. The fourth-order valence-corrected chi connectivity index (χ4v) is 1.89. The van der Waals surface area contributed by atoms with Gasteiger partial charge in [0.15, 0.2) is 0 Å². The Labute approximate surface area is 88.0 Å². The first-order valence-corrected chi connectivity index (χ1v) is 4.97. The first-order valence-electron chi connectivity index (χ1n) is 4.97. The molecule has 1 aliphatic rings. The number of nitro benzene ring substituents is 1. The summed E-state index contributed by atoms with van der Waals surface area (Å²) in [6.45, 7) is 1.74. The van der Waals surface area contributed by atoms with Crippen LogP contribution in [0.5, 0.6) is 5.75 Å². The average molecular weight is 207 g/mol. The van der Waals surface area contributed by atoms with Crippen molar-refractivity contribution in [3.63, 3.8) is 0 Å². The van der Waals surface area contributed by atoms with E-state index in [1.807, 2.05) is 12.1 Å². The predicted octanol–water partition coefficient (Wildman–Crippen LogP) is 2.79. The summed E-state index contributed by atoms with van der Waals surface area (Å²) in [5.41, 5.74) is 1.72. The summed E-state index contributed by atoms with van der Waals surface area (Å²) in [7, 11) is 1.53. The maximum absolute atomic E-state index is 11.0. The number of methoxy groups -OCH3 is 1. The minimum atomic E-state index is -0.300. The molecule has 0 radical (unpaired) electrons. The lowest BCUT2D eigenvalue weighted by Gasteiger charge is -2.08. The van der Waals surface area contributed by atoms with E-state index in [2.05, 4.69) is 0 Å². The molecule has 0 amide bonds. The van der Waals surface area contributed by atoms with Crippen molar-refractivity contribution in [3.8, 4) is 5.75 Å². The molecule has 0 aromatic heterocycles. The van der Waals surface area contributed by atoms with Gasteiger partial charge in [0, 0.05) is 5.56 Å². The van der Waals surface area contributed by atoms with Crippen molar-refractivity contribution in [2.75, 3.05) is 7.11 Å². The maximum atomic E-state index is 11.0. The molecule has 0 bridgehead atoms. The Kier molecular flexibility index (Phi) is 2.34. The summed E-state index contributed by atoms with van der Waals surface area (Å²) in [4.78, 5) is 10.7. The molecule has 1 aromatic carbocycles. The molecule has 0 heterocycles. The molecule has 4 heteroatoms. The van der Waals surface area contributed by atoms with Crippen LogP contribution in [0.1, 0.15) is 29.9 Å². The van der Waals surface area contributed by atoms with E-state index >= 15 is 0 Å². The highest BCUT2D eigenvalue weighted by Gasteiger charge is 2.32. The molecule has 0 saturated heterocycles. The zero-order valence-electron chi connectivity index (χ0n) is 8.82. The van der Waals surface area contributed by atoms with Gasteiger partial charge >= 0.3 is 0 Å². The van der Waals surface area contributed by atoms with Gasteiger partial charge in [0.25, 0.3) is 5.69 Å². The van der Waals surface area contributed by atoms with Crippen LogP contribution in [0.2, 0.25) is 0 Å². The van der Waals surface area contributed by atoms with Gasteiger partial charge in [-0.25, -0.2) is 0 Å². The van der Waals surface area contributed by atoms with Crippen molar-refractivity contribution in [3.05, 3.63) is 33.4 Å². The summed E-state index contributed by atoms with van der Waals surface area (Å²) in [5.74, 6) is 0.973. The van der Waals surface area contributed by atoms with Crippen molar-refractivity contribution in [2.45, 2.75) is 25.7 Å². The van der Waals surface area contributed by atoms with E-state index < -0.39 is 0 Å². The summed E-state index contributed by atoms with van der Waals surface area (Å²) in [5, 5.41) is 11.0. The highest BCUT2D eigenvalue weighted by Crippen LogP contribution is 2.46. The highest BCUT2D eigenvalue weighted by atomic mass is 16.6. The van der Waals surface area contributed by atoms with E-state index in [0.29, 0.717) is 17.2 Å². The lowest BCUT2D eigenvalue weighted by molar-refractivity contribution is -0.386. The van der Waals surface area contributed by atoms with E-state index in [9.17, 15) is 10.1 Å². The fourth-order valence-electron chi connectivity index (χ4n) is 1.89. The quantitative estimate of drug-likeness (QED) is 0.565. The average Bonchev–Trinajstić information content (AvgIpc) is 2.99. The van der Waals surface area contributed by atoms with Gasteiger partial charge < -0.3 is 4.74 Å². The van der Waals surface area contributed by atoms with E-state index in [1.54, 1.807) is 6.92 Å². The van der Waals surface area contributed by atoms with Crippen LogP contribution in [0, 0.1) is 17.0 Å². The Hall–Kier alpha value is -1.58. The molecule has 0 N–H and O–H groups in total. The molecule has 0 unspecified atom stereocenters. The molecule has 1 saturated carbocycles. The lowest BCUT2D eigenvalue weighted by atomic mass is 10.0. The number of hydrogen-bond acceptors (Lipinski definition) is 3. The van der Waals surface area contributed by atoms with Crippen LogP contribution in [0.3, 0.4) is 0 Å². The number of nitrogens with zero attached hydrogens (tertiary/aromatic N) is 1. The molecule has 0 spiro atoms. The van der Waals surface area contributed by atoms with E-state index in [4.69, 9.17) is 4.74 Å². The molecule has 4 nitrogen and oxygen atoms in total. The molecule has 80 valence electrons. The second-order valence-corrected chi connectivity index (χ2v) is 3.86. The monoisotopic (exact) mass is 207 g/mol. The third-order valence-corrected chi connectivity index (χ3v) is 2.83. The Morgan fingerprint density at radius 1 is 1.47 bits per heavy atom. The van der Waals surface area contributed by atoms with Gasteiger partial charge in [-0.15, -0.1) is 0 Å². The van der Waals surface area contributed by atoms with Crippen molar-refractivity contribution in [1.29, 1.82) is 0 Å². The number of rotatable bonds is 3. The molecule has 1 fully saturated rings. The standard InChI is InChI=1S/C11H13NO3/c1-7-10(15-2)6-5-9(8-3-4-8)11(7)12(13)14/h5-6,8H,3-4H2,1-2H3. The number of benzene rings is 1. The Morgan fingerprint density at radius 3 is 2.60 bits per heavy atom. The van der Waals surface area contributed by atoms with Gasteiger partial charge in [-0.3, -0.25) is 10.1 Å². The molecule has 15 heavy (non-hydrogen) atoms. The SMILES string of the molecule is COc1ccc(C2CC2)c([N+](=O)[O-])c1C. The molecule has 2 rings (SSSR count). The van der Waals surface area contributed by atoms with Gasteiger partial charge in [-0.1, -0.05) is 0 Å². The first kappa shape index (κ1) is 9.96. The lowest BCUT2D eigenvalue weighted by Crippen LogP contribution is -1.99. The van der Waals surface area contributed by atoms with Crippen molar-refractivity contribution in [1.82, 2.24) is 0 Å². The minimum absolute atomic E-state index is 0.233. The second kappa shape index (κ2) is 3.53. The van der Waals surface area contributed by atoms with Crippen LogP contribution in [0.4, 0.5) is 5.69 Å². The maximum Gasteiger partial charge on any atom is 0.279 e. The van der Waals surface area contributed by atoms with Crippen LogP contribution in [-0.2, 0) is 0 Å². The molecule has 0 aliphatic heterocycles. The molecule has 1 aliphatic carbocycles. The smallest absolute Gasteiger partial charge is 0.279 e. The van der Waals surface area contributed by atoms with Gasteiger partial charge in [0.05, 0.1) is 17.6 Å². The van der Waals surface area contributed by atoms with Gasteiger partial charge in [-0.05, 0) is 37.8 Å². The van der Waals surface area contributed by atoms with Crippen molar-refractivity contribution >= 4 is 5.69 Å².